The minimum Gasteiger partial charge on any atom is -0.512 e. The van der Waals surface area contributed by atoms with Gasteiger partial charge >= 0.3 is 0 Å². The molecular weight excluding hydrogens is 735 g/mol. The largest absolute Gasteiger partial charge is 0.512 e. The normalized spacial score (nSPS) is 11.6. The molecule has 0 unspecified atom stereocenters. The first-order chi connectivity index (χ1) is 21.5. The number of benzene rings is 4. The van der Waals surface area contributed by atoms with Crippen LogP contribution in [0, 0.1) is 17.9 Å². The van der Waals surface area contributed by atoms with Gasteiger partial charge in [0.1, 0.15) is 5.58 Å². The number of hydrogen-bond acceptors (Lipinski definition) is 4. The number of fused-ring (bicyclic) bond motifs is 5. The number of ketones is 1. The average molecular weight is 775 g/mol. The van der Waals surface area contributed by atoms with Gasteiger partial charge in [-0.25, -0.2) is 0 Å². The summed E-state index contributed by atoms with van der Waals surface area (Å²) in [5, 5.41) is 14.2. The van der Waals surface area contributed by atoms with Gasteiger partial charge in [-0.2, -0.15) is 0 Å². The van der Waals surface area contributed by atoms with Gasteiger partial charge in [-0.05, 0) is 54.3 Å². The van der Waals surface area contributed by atoms with Gasteiger partial charge in [-0.1, -0.05) is 111 Å². The third-order valence-corrected chi connectivity index (χ3v) is 8.48. The summed E-state index contributed by atoms with van der Waals surface area (Å²) in [4.78, 5) is 16.4. The van der Waals surface area contributed by atoms with E-state index in [0.29, 0.717) is 0 Å². The fourth-order valence-electron chi connectivity index (χ4n) is 5.83. The number of furan rings is 1. The number of allylic oxidation sites excluding steroid dienone is 2. The predicted octanol–water partition coefficient (Wildman–Crippen LogP) is 11.1. The predicted molar refractivity (Wildman–Crippen MR) is 183 cm³/mol. The second-order valence-electron chi connectivity index (χ2n) is 11.1. The molecular formula is C40H40IrNO3-. The molecule has 0 amide bonds. The van der Waals surface area contributed by atoms with Crippen molar-refractivity contribution in [1.29, 1.82) is 0 Å². The molecule has 45 heavy (non-hydrogen) atoms. The molecule has 4 nitrogen and oxygen atoms in total. The maximum absolute atomic E-state index is 11.7. The van der Waals surface area contributed by atoms with Crippen molar-refractivity contribution < 1.29 is 34.4 Å². The van der Waals surface area contributed by atoms with Crippen molar-refractivity contribution in [2.45, 2.75) is 53.4 Å². The Morgan fingerprint density at radius 3 is 2.11 bits per heavy atom. The number of para-hydroxylation sites is 1. The summed E-state index contributed by atoms with van der Waals surface area (Å²) < 4.78 is 6.32. The zero-order valence-corrected chi connectivity index (χ0v) is 28.7. The smallest absolute Gasteiger partial charge is 0.162 e. The molecule has 0 bridgehead atoms. The summed E-state index contributed by atoms with van der Waals surface area (Å²) >= 11 is 0. The molecule has 0 fully saturated rings. The Kier molecular flexibility index (Phi) is 11.9. The van der Waals surface area contributed by atoms with Gasteiger partial charge in [0.2, 0.25) is 0 Å². The molecule has 0 aliphatic rings. The topological polar surface area (TPSA) is 63.3 Å². The van der Waals surface area contributed by atoms with E-state index in [1.807, 2.05) is 64.2 Å². The molecule has 2 heterocycles. The SMILES string of the molecule is CCC(CC)C(=O)/C=C(\O)C(CC)CC.[Ir].[c-]1c(-c2cc(-c3ccccc3)ccn2)c2oc3ccccc3c2c2ccccc12. The first-order valence-electron chi connectivity index (χ1n) is 15.7. The summed E-state index contributed by atoms with van der Waals surface area (Å²) in [7, 11) is 0. The molecule has 0 spiro atoms. The summed E-state index contributed by atoms with van der Waals surface area (Å²) in [5.74, 6) is 0.547. The number of carbonyl (C=O) groups excluding carboxylic acids is 1. The van der Waals surface area contributed by atoms with Crippen molar-refractivity contribution in [3.8, 4) is 22.4 Å². The van der Waals surface area contributed by atoms with E-state index < -0.39 is 0 Å². The van der Waals surface area contributed by atoms with Gasteiger partial charge in [-0.15, -0.1) is 17.5 Å². The van der Waals surface area contributed by atoms with Crippen LogP contribution in [0.15, 0.2) is 113 Å². The number of carbonyl (C=O) groups is 1. The molecule has 6 aromatic rings. The molecule has 4 aromatic carbocycles. The second-order valence-corrected chi connectivity index (χ2v) is 11.1. The molecule has 6 rings (SSSR count). The molecule has 0 saturated carbocycles. The second kappa shape index (κ2) is 15.8. The van der Waals surface area contributed by atoms with E-state index in [4.69, 9.17) is 4.42 Å². The third kappa shape index (κ3) is 7.44. The van der Waals surface area contributed by atoms with Crippen LogP contribution in [0.1, 0.15) is 53.4 Å². The van der Waals surface area contributed by atoms with Crippen LogP contribution in [0.2, 0.25) is 0 Å². The zero-order valence-electron chi connectivity index (χ0n) is 26.3. The molecule has 1 N–H and O–H groups in total. The summed E-state index contributed by atoms with van der Waals surface area (Å²) in [6.45, 7) is 8.07. The Labute approximate surface area is 279 Å². The van der Waals surface area contributed by atoms with E-state index in [1.54, 1.807) is 0 Å². The van der Waals surface area contributed by atoms with E-state index in [0.717, 1.165) is 80.8 Å². The van der Waals surface area contributed by atoms with Crippen LogP contribution in [-0.4, -0.2) is 15.9 Å². The van der Waals surface area contributed by atoms with Crippen LogP contribution in [0.3, 0.4) is 0 Å². The first kappa shape index (κ1) is 33.8. The maximum atomic E-state index is 11.7. The van der Waals surface area contributed by atoms with Gasteiger partial charge in [0.05, 0.1) is 11.3 Å². The number of pyridine rings is 1. The van der Waals surface area contributed by atoms with Crippen molar-refractivity contribution >= 4 is 38.5 Å². The summed E-state index contributed by atoms with van der Waals surface area (Å²) in [5.41, 5.74) is 5.77. The quantitative estimate of drug-likeness (QED) is 0.0903. The number of rotatable bonds is 9. The van der Waals surface area contributed by atoms with E-state index in [9.17, 15) is 9.90 Å². The van der Waals surface area contributed by atoms with Gasteiger partial charge in [0.15, 0.2) is 5.78 Å². The Hall–Kier alpha value is -4.05. The Morgan fingerprint density at radius 2 is 1.42 bits per heavy atom. The maximum Gasteiger partial charge on any atom is 0.162 e. The van der Waals surface area contributed by atoms with Crippen LogP contribution in [0.25, 0.3) is 55.1 Å². The third-order valence-electron chi connectivity index (χ3n) is 8.48. The monoisotopic (exact) mass is 775 g/mol. The van der Waals surface area contributed by atoms with Crippen LogP contribution in [-0.2, 0) is 24.9 Å². The summed E-state index contributed by atoms with van der Waals surface area (Å²) in [6.07, 6.45) is 6.76. The number of hydrogen-bond donors (Lipinski definition) is 1. The molecule has 2 aromatic heterocycles. The number of nitrogens with zero attached hydrogens (tertiary/aromatic N) is 1. The summed E-state index contributed by atoms with van der Waals surface area (Å²) in [6, 6.07) is 34.6. The van der Waals surface area contributed by atoms with Crippen LogP contribution in [0.5, 0.6) is 0 Å². The molecule has 5 heteroatoms. The van der Waals surface area contributed by atoms with E-state index in [1.165, 1.54) is 6.08 Å². The Bertz CT molecular complexity index is 1900. The van der Waals surface area contributed by atoms with Crippen molar-refractivity contribution in [2.24, 2.45) is 11.8 Å². The van der Waals surface area contributed by atoms with Gasteiger partial charge < -0.3 is 9.52 Å². The van der Waals surface area contributed by atoms with Crippen LogP contribution in [0.4, 0.5) is 0 Å². The van der Waals surface area contributed by atoms with E-state index in [-0.39, 0.29) is 43.5 Å². The van der Waals surface area contributed by atoms with Crippen molar-refractivity contribution in [3.05, 3.63) is 115 Å². The zero-order chi connectivity index (χ0) is 31.1. The fraction of sp³-hybridized carbons (Fsp3) is 0.250. The fourth-order valence-corrected chi connectivity index (χ4v) is 5.83. The molecule has 0 atom stereocenters. The van der Waals surface area contributed by atoms with E-state index in [2.05, 4.69) is 71.7 Å². The van der Waals surface area contributed by atoms with Gasteiger partial charge in [-0.3, -0.25) is 9.78 Å². The van der Waals surface area contributed by atoms with Crippen molar-refractivity contribution in [1.82, 2.24) is 4.98 Å². The molecule has 0 aliphatic carbocycles. The Balaban J connectivity index is 0.000000249. The average Bonchev–Trinajstić information content (AvgIpc) is 3.46. The van der Waals surface area contributed by atoms with Gasteiger partial charge in [0.25, 0.3) is 0 Å². The van der Waals surface area contributed by atoms with Gasteiger partial charge in [0, 0.05) is 55.3 Å². The van der Waals surface area contributed by atoms with Crippen molar-refractivity contribution in [2.75, 3.05) is 0 Å². The molecule has 1 radical (unpaired) electrons. The van der Waals surface area contributed by atoms with E-state index >= 15 is 0 Å². The van der Waals surface area contributed by atoms with Crippen LogP contribution >= 0.6 is 0 Å². The molecule has 0 saturated heterocycles. The number of aromatic nitrogens is 1. The van der Waals surface area contributed by atoms with Crippen LogP contribution < -0.4 is 0 Å². The molecule has 0 aliphatic heterocycles. The molecule has 233 valence electrons. The number of aliphatic hydroxyl groups is 1. The standard InChI is InChI=1S/C27H16NO.C13H24O2.Ir/c1-2-8-18(9-3-1)19-14-15-28-24(17-19)23-16-20-10-4-5-11-21(20)26-22-12-6-7-13-25(22)29-27(23)26;1-5-10(6-2)12(14)9-13(15)11(7-3)8-4;/h1-15,17H;9-11,14H,5-8H2,1-4H3;/q-1;;/b;12-9-;. The van der Waals surface area contributed by atoms with Crippen molar-refractivity contribution in [3.63, 3.8) is 0 Å². The minimum atomic E-state index is 0. The first-order valence-corrected chi connectivity index (χ1v) is 15.7. The minimum absolute atomic E-state index is 0. The Morgan fingerprint density at radius 1 is 0.800 bits per heavy atom. The number of aliphatic hydroxyl groups excluding tert-OH is 1.